The summed E-state index contributed by atoms with van der Waals surface area (Å²) in [7, 11) is -2.44. The summed E-state index contributed by atoms with van der Waals surface area (Å²) in [5.74, 6) is -0.865. The van der Waals surface area contributed by atoms with Gasteiger partial charge in [-0.25, -0.2) is 13.2 Å². The Kier molecular flexibility index (Phi) is 13.9. The van der Waals surface area contributed by atoms with Crippen LogP contribution in [-0.2, 0) is 27.8 Å². The summed E-state index contributed by atoms with van der Waals surface area (Å²) >= 11 is 0. The van der Waals surface area contributed by atoms with Crippen LogP contribution in [0.15, 0.2) is 89.0 Å². The van der Waals surface area contributed by atoms with Gasteiger partial charge >= 0.3 is 6.03 Å². The summed E-state index contributed by atoms with van der Waals surface area (Å²) < 4.78 is 28.8. The number of aromatic nitrogens is 1. The molecule has 1 aromatic heterocycles. The van der Waals surface area contributed by atoms with Gasteiger partial charge in [0.25, 0.3) is 0 Å². The van der Waals surface area contributed by atoms with E-state index < -0.39 is 40.1 Å². The predicted molar refractivity (Wildman–Crippen MR) is 180 cm³/mol. The van der Waals surface area contributed by atoms with Crippen LogP contribution in [0.3, 0.4) is 0 Å². The molecule has 12 nitrogen and oxygen atoms in total. The van der Waals surface area contributed by atoms with Crippen molar-refractivity contribution in [3.05, 3.63) is 95.8 Å². The van der Waals surface area contributed by atoms with E-state index in [1.165, 1.54) is 39.7 Å². The van der Waals surface area contributed by atoms with Crippen LogP contribution in [0.2, 0.25) is 0 Å². The second-order valence-electron chi connectivity index (χ2n) is 12.2. The Bertz CT molecular complexity index is 1550. The van der Waals surface area contributed by atoms with Crippen LogP contribution in [0.1, 0.15) is 44.5 Å². The molecule has 0 saturated carbocycles. The summed E-state index contributed by atoms with van der Waals surface area (Å²) in [6.45, 7) is 7.44. The Morgan fingerprint density at radius 3 is 2.17 bits per heavy atom. The monoisotopic (exact) mass is 666 g/mol. The van der Waals surface area contributed by atoms with E-state index in [-0.39, 0.29) is 42.8 Å². The number of carbonyl (C=O) groups excluding carboxylic acids is 2. The number of aliphatic hydroxyl groups is 1. The molecule has 4 N–H and O–H groups in total. The molecule has 3 aromatic rings. The number of hydrogen-bond acceptors (Lipinski definition) is 8. The van der Waals surface area contributed by atoms with Gasteiger partial charge in [-0.05, 0) is 53.6 Å². The normalized spacial score (nSPS) is 13.9. The number of rotatable bonds is 16. The molecule has 0 saturated heterocycles. The molecule has 0 aliphatic heterocycles. The Hall–Kier alpha value is -4.33. The van der Waals surface area contributed by atoms with E-state index in [1.54, 1.807) is 39.2 Å². The van der Waals surface area contributed by atoms with Gasteiger partial charge < -0.3 is 25.8 Å². The van der Waals surface area contributed by atoms with Crippen LogP contribution >= 0.6 is 0 Å². The van der Waals surface area contributed by atoms with Gasteiger partial charge in [-0.3, -0.25) is 9.78 Å². The molecule has 0 radical (unpaired) electrons. The predicted octanol–water partition coefficient (Wildman–Crippen LogP) is 3.49. The van der Waals surface area contributed by atoms with Crippen LogP contribution in [0.5, 0.6) is 0 Å². The van der Waals surface area contributed by atoms with E-state index in [9.17, 15) is 23.1 Å². The number of urea groups is 1. The molecular weight excluding hydrogens is 620 g/mol. The van der Waals surface area contributed by atoms with Gasteiger partial charge in [0.2, 0.25) is 15.9 Å². The number of carbonyl (C=O) groups is 2. The Labute approximate surface area is 277 Å². The number of benzene rings is 2. The zero-order valence-electron chi connectivity index (χ0n) is 27.5. The average Bonchev–Trinajstić information content (AvgIpc) is 3.03. The minimum atomic E-state index is -4.05. The molecule has 254 valence electrons. The van der Waals surface area contributed by atoms with E-state index in [4.69, 9.17) is 5.21 Å². The molecular formula is C34H46N6O6S. The molecule has 3 atom stereocenters. The highest BCUT2D eigenvalue weighted by Crippen LogP contribution is 2.20. The molecule has 0 fully saturated rings. The van der Waals surface area contributed by atoms with Crippen molar-refractivity contribution in [2.24, 2.45) is 17.0 Å². The van der Waals surface area contributed by atoms with Crippen LogP contribution in [0.4, 0.5) is 4.79 Å². The van der Waals surface area contributed by atoms with Gasteiger partial charge in [-0.15, -0.1) is 0 Å². The maximum Gasteiger partial charge on any atom is 0.318 e. The zero-order chi connectivity index (χ0) is 34.6. The van der Waals surface area contributed by atoms with Crippen molar-refractivity contribution >= 4 is 28.2 Å². The van der Waals surface area contributed by atoms with Crippen molar-refractivity contribution in [1.82, 2.24) is 24.8 Å². The summed E-state index contributed by atoms with van der Waals surface area (Å²) in [6, 6.07) is 18.3. The molecule has 0 aliphatic carbocycles. The van der Waals surface area contributed by atoms with Gasteiger partial charge in [0.05, 0.1) is 35.5 Å². The molecule has 0 spiro atoms. The van der Waals surface area contributed by atoms with Crippen molar-refractivity contribution in [1.29, 1.82) is 0 Å². The maximum atomic E-state index is 13.8. The van der Waals surface area contributed by atoms with Gasteiger partial charge in [-0.2, -0.15) is 4.31 Å². The topological polar surface area (TPSA) is 165 Å². The first-order valence-electron chi connectivity index (χ1n) is 15.5. The fourth-order valence-electron chi connectivity index (χ4n) is 4.96. The highest BCUT2D eigenvalue weighted by Gasteiger charge is 2.33. The molecule has 0 bridgehead atoms. The van der Waals surface area contributed by atoms with Crippen molar-refractivity contribution in [2.75, 3.05) is 20.1 Å². The third-order valence-electron chi connectivity index (χ3n) is 7.47. The first-order chi connectivity index (χ1) is 22.3. The number of amides is 3. The summed E-state index contributed by atoms with van der Waals surface area (Å²) in [5, 5.41) is 29.1. The molecule has 13 heteroatoms. The lowest BCUT2D eigenvalue weighted by Crippen LogP contribution is -2.58. The Morgan fingerprint density at radius 2 is 1.60 bits per heavy atom. The number of nitrogens with one attached hydrogen (secondary N) is 2. The lowest BCUT2D eigenvalue weighted by atomic mass is 9.98. The summed E-state index contributed by atoms with van der Waals surface area (Å²) in [4.78, 5) is 32.5. The van der Waals surface area contributed by atoms with Crippen LogP contribution in [-0.4, -0.2) is 89.4 Å². The van der Waals surface area contributed by atoms with Gasteiger partial charge in [0.15, 0.2) is 0 Å². The first-order valence-corrected chi connectivity index (χ1v) is 17.0. The maximum absolute atomic E-state index is 13.8. The molecule has 2 aromatic carbocycles. The van der Waals surface area contributed by atoms with Gasteiger partial charge in [0, 0.05) is 26.3 Å². The van der Waals surface area contributed by atoms with E-state index >= 15 is 0 Å². The number of aliphatic hydroxyl groups excluding tert-OH is 1. The standard InChI is InChI=1S/C34H46N6O6S/c1-24(2)21-40(47(45,46)29-16-14-27(15-17-29)20-36-44)23-31(41)30(19-26-11-7-6-8-12-26)37-33(42)32(25(3)4)38-34(43)39(5)22-28-13-9-10-18-35-28/h6-18,20,24-25,30-32,41,44H,19,21-23H2,1-5H3,(H,37,42)(H,38,43)/b36-20+/t30-,31?,32+/m0/s1. The molecule has 3 amide bonds. The van der Waals surface area contributed by atoms with Crippen molar-refractivity contribution in [2.45, 2.75) is 63.7 Å². The summed E-state index contributed by atoms with van der Waals surface area (Å²) in [5.41, 5.74) is 2.04. The second-order valence-corrected chi connectivity index (χ2v) is 14.2. The average molecular weight is 667 g/mol. The van der Waals surface area contributed by atoms with Crippen LogP contribution < -0.4 is 10.6 Å². The molecule has 1 heterocycles. The van der Waals surface area contributed by atoms with Crippen molar-refractivity contribution in [3.8, 4) is 0 Å². The highest BCUT2D eigenvalue weighted by atomic mass is 32.2. The van der Waals surface area contributed by atoms with Crippen molar-refractivity contribution < 1.29 is 28.3 Å². The number of nitrogens with zero attached hydrogens (tertiary/aromatic N) is 4. The Balaban J connectivity index is 1.84. The minimum absolute atomic E-state index is 0.0153. The summed E-state index contributed by atoms with van der Waals surface area (Å²) in [6.07, 6.45) is 1.75. The largest absolute Gasteiger partial charge is 0.411 e. The van der Waals surface area contributed by atoms with Gasteiger partial charge in [-0.1, -0.05) is 81.4 Å². The first kappa shape index (κ1) is 37.1. The van der Waals surface area contributed by atoms with E-state index in [2.05, 4.69) is 20.8 Å². The SMILES string of the molecule is CC(C)CN(CC(O)[C@H](Cc1ccccc1)NC(=O)[C@H](NC(=O)N(C)Cc1ccccn1)C(C)C)S(=O)(=O)c1ccc(/C=N/O)cc1. The molecule has 47 heavy (non-hydrogen) atoms. The Morgan fingerprint density at radius 1 is 0.936 bits per heavy atom. The number of pyridine rings is 1. The van der Waals surface area contributed by atoms with Crippen LogP contribution in [0, 0.1) is 11.8 Å². The van der Waals surface area contributed by atoms with Gasteiger partial charge in [0.1, 0.15) is 6.04 Å². The number of hydrogen-bond donors (Lipinski definition) is 4. The minimum Gasteiger partial charge on any atom is -0.411 e. The zero-order valence-corrected chi connectivity index (χ0v) is 28.3. The third-order valence-corrected chi connectivity index (χ3v) is 9.32. The van der Waals surface area contributed by atoms with Crippen LogP contribution in [0.25, 0.3) is 0 Å². The second kappa shape index (κ2) is 17.5. The van der Waals surface area contributed by atoms with Crippen molar-refractivity contribution in [3.63, 3.8) is 0 Å². The highest BCUT2D eigenvalue weighted by molar-refractivity contribution is 7.89. The third kappa shape index (κ3) is 11.2. The fraction of sp³-hybridized carbons (Fsp3) is 0.412. The smallest absolute Gasteiger partial charge is 0.318 e. The quantitative estimate of drug-likeness (QED) is 0.103. The number of sulfonamides is 1. The lowest BCUT2D eigenvalue weighted by Gasteiger charge is -2.32. The van der Waals surface area contributed by atoms with E-state index in [1.807, 2.05) is 50.2 Å². The molecule has 3 rings (SSSR count). The number of oxime groups is 1. The lowest BCUT2D eigenvalue weighted by molar-refractivity contribution is -0.125. The van der Waals surface area contributed by atoms with E-state index in [0.717, 1.165) is 5.56 Å². The molecule has 0 aliphatic rings. The fourth-order valence-corrected chi connectivity index (χ4v) is 6.59. The van der Waals surface area contributed by atoms with E-state index in [0.29, 0.717) is 11.3 Å². The molecule has 1 unspecified atom stereocenters.